The molecule has 0 aromatic heterocycles. The van der Waals surface area contributed by atoms with Crippen molar-refractivity contribution in [3.63, 3.8) is 0 Å². The van der Waals surface area contributed by atoms with Crippen LogP contribution in [-0.2, 0) is 19.6 Å². The molecule has 0 fully saturated rings. The first-order valence-corrected chi connectivity index (χ1v) is 7.21. The van der Waals surface area contributed by atoms with Crippen LogP contribution in [0.5, 0.6) is 0 Å². The molecule has 0 atom stereocenters. The molecule has 0 saturated heterocycles. The molecule has 0 unspecified atom stereocenters. The highest BCUT2D eigenvalue weighted by atomic mass is 32.2. The minimum atomic E-state index is -3.42. The van der Waals surface area contributed by atoms with Gasteiger partial charge < -0.3 is 9.84 Å². The lowest BCUT2D eigenvalue weighted by Gasteiger charge is -2.19. The third-order valence-electron chi connectivity index (χ3n) is 2.11. The molecule has 0 aliphatic rings. The number of sulfonamides is 1. The standard InChI is InChI=1S/C10H21NO5S/c1-4-11(6-5-10(12)13)17(14,15)8-7-16-9(2)3/h9H,4-8H2,1-3H3,(H,12,13). The van der Waals surface area contributed by atoms with Gasteiger partial charge in [0, 0.05) is 13.1 Å². The lowest BCUT2D eigenvalue weighted by atomic mass is 10.4. The first kappa shape index (κ1) is 16.3. The Morgan fingerprint density at radius 1 is 1.41 bits per heavy atom. The zero-order chi connectivity index (χ0) is 13.5. The molecule has 102 valence electrons. The Kier molecular flexibility index (Phi) is 7.33. The summed E-state index contributed by atoms with van der Waals surface area (Å²) >= 11 is 0. The Bertz CT molecular complexity index is 326. The highest BCUT2D eigenvalue weighted by Crippen LogP contribution is 2.03. The van der Waals surface area contributed by atoms with Crippen molar-refractivity contribution in [3.05, 3.63) is 0 Å². The van der Waals surface area contributed by atoms with Gasteiger partial charge in [-0.25, -0.2) is 12.7 Å². The van der Waals surface area contributed by atoms with Crippen LogP contribution < -0.4 is 0 Å². The Hall–Kier alpha value is -0.660. The van der Waals surface area contributed by atoms with Crippen molar-refractivity contribution in [1.29, 1.82) is 0 Å². The fourth-order valence-electron chi connectivity index (χ4n) is 1.23. The van der Waals surface area contributed by atoms with Crippen molar-refractivity contribution in [2.75, 3.05) is 25.4 Å². The summed E-state index contributed by atoms with van der Waals surface area (Å²) in [6, 6.07) is 0. The number of rotatable bonds is 9. The van der Waals surface area contributed by atoms with E-state index in [1.807, 2.05) is 13.8 Å². The van der Waals surface area contributed by atoms with Crippen LogP contribution in [0.3, 0.4) is 0 Å². The second-order valence-corrected chi connectivity index (χ2v) is 5.96. The van der Waals surface area contributed by atoms with E-state index < -0.39 is 16.0 Å². The largest absolute Gasteiger partial charge is 0.481 e. The summed E-state index contributed by atoms with van der Waals surface area (Å²) in [7, 11) is -3.42. The molecule has 0 rings (SSSR count). The van der Waals surface area contributed by atoms with Crippen LogP contribution in [0, 0.1) is 0 Å². The summed E-state index contributed by atoms with van der Waals surface area (Å²) in [5, 5.41) is 8.53. The van der Waals surface area contributed by atoms with Crippen molar-refractivity contribution < 1.29 is 23.1 Å². The molecule has 0 saturated carbocycles. The Morgan fingerprint density at radius 3 is 2.41 bits per heavy atom. The summed E-state index contributed by atoms with van der Waals surface area (Å²) < 4.78 is 30.0. The summed E-state index contributed by atoms with van der Waals surface area (Å²) in [6.07, 6.45) is -0.197. The molecule has 0 spiro atoms. The minimum Gasteiger partial charge on any atom is -0.481 e. The van der Waals surface area contributed by atoms with Crippen LogP contribution in [-0.4, -0.2) is 55.4 Å². The van der Waals surface area contributed by atoms with Gasteiger partial charge in [-0.3, -0.25) is 4.79 Å². The van der Waals surface area contributed by atoms with Crippen LogP contribution in [0.25, 0.3) is 0 Å². The van der Waals surface area contributed by atoms with E-state index in [2.05, 4.69) is 0 Å². The third kappa shape index (κ3) is 7.30. The molecule has 0 aromatic carbocycles. The second-order valence-electron chi connectivity index (χ2n) is 3.87. The molecule has 0 heterocycles. The molecule has 6 nitrogen and oxygen atoms in total. The van der Waals surface area contributed by atoms with Crippen LogP contribution >= 0.6 is 0 Å². The van der Waals surface area contributed by atoms with E-state index >= 15 is 0 Å². The van der Waals surface area contributed by atoms with E-state index in [4.69, 9.17) is 9.84 Å². The van der Waals surface area contributed by atoms with E-state index in [1.165, 1.54) is 4.31 Å². The fraction of sp³-hybridized carbons (Fsp3) is 0.900. The molecule has 1 N–H and O–H groups in total. The number of ether oxygens (including phenoxy) is 1. The molecule has 0 aromatic rings. The van der Waals surface area contributed by atoms with E-state index in [1.54, 1.807) is 6.92 Å². The average Bonchev–Trinajstić information content (AvgIpc) is 2.16. The smallest absolute Gasteiger partial charge is 0.304 e. The van der Waals surface area contributed by atoms with Gasteiger partial charge in [-0.2, -0.15) is 0 Å². The predicted octanol–water partition coefficient (Wildman–Crippen LogP) is 0.538. The Balaban J connectivity index is 4.27. The number of hydrogen-bond acceptors (Lipinski definition) is 4. The SMILES string of the molecule is CCN(CCC(=O)O)S(=O)(=O)CCOC(C)C. The molecule has 7 heteroatoms. The molecule has 0 aliphatic carbocycles. The van der Waals surface area contributed by atoms with Gasteiger partial charge in [-0.15, -0.1) is 0 Å². The van der Waals surface area contributed by atoms with Crippen molar-refractivity contribution in [3.8, 4) is 0 Å². The zero-order valence-electron chi connectivity index (χ0n) is 10.5. The maximum absolute atomic E-state index is 11.8. The van der Waals surface area contributed by atoms with Gasteiger partial charge >= 0.3 is 5.97 Å². The van der Waals surface area contributed by atoms with E-state index in [9.17, 15) is 13.2 Å². The van der Waals surface area contributed by atoms with E-state index in [-0.39, 0.29) is 38.0 Å². The molecule has 0 aliphatic heterocycles. The van der Waals surface area contributed by atoms with Crippen molar-refractivity contribution in [2.24, 2.45) is 0 Å². The highest BCUT2D eigenvalue weighted by molar-refractivity contribution is 7.89. The van der Waals surface area contributed by atoms with Crippen molar-refractivity contribution in [2.45, 2.75) is 33.3 Å². The van der Waals surface area contributed by atoms with E-state index in [0.29, 0.717) is 0 Å². The van der Waals surface area contributed by atoms with Crippen LogP contribution in [0.15, 0.2) is 0 Å². The number of carbonyl (C=O) groups is 1. The molecular weight excluding hydrogens is 246 g/mol. The number of aliphatic carboxylic acids is 1. The molecular formula is C10H21NO5S. The van der Waals surface area contributed by atoms with Crippen molar-refractivity contribution >= 4 is 16.0 Å². The van der Waals surface area contributed by atoms with Gasteiger partial charge in [-0.1, -0.05) is 6.92 Å². The molecule has 0 bridgehead atoms. The summed E-state index contributed by atoms with van der Waals surface area (Å²) in [4.78, 5) is 10.4. The molecule has 0 amide bonds. The predicted molar refractivity (Wildman–Crippen MR) is 64.4 cm³/mol. The second kappa shape index (κ2) is 7.62. The molecule has 17 heavy (non-hydrogen) atoms. The minimum absolute atomic E-state index is 0.00977. The van der Waals surface area contributed by atoms with Crippen LogP contribution in [0.2, 0.25) is 0 Å². The van der Waals surface area contributed by atoms with Gasteiger partial charge in [0.05, 0.1) is 24.9 Å². The summed E-state index contributed by atoms with van der Waals surface area (Å²) in [5.41, 5.74) is 0. The highest BCUT2D eigenvalue weighted by Gasteiger charge is 2.20. The van der Waals surface area contributed by atoms with Gasteiger partial charge in [0.1, 0.15) is 0 Å². The average molecular weight is 267 g/mol. The summed E-state index contributed by atoms with van der Waals surface area (Å²) in [6.45, 7) is 5.75. The van der Waals surface area contributed by atoms with Crippen LogP contribution in [0.4, 0.5) is 0 Å². The van der Waals surface area contributed by atoms with Gasteiger partial charge in [0.25, 0.3) is 0 Å². The maximum Gasteiger partial charge on any atom is 0.304 e. The van der Waals surface area contributed by atoms with Gasteiger partial charge in [0.15, 0.2) is 0 Å². The molecule has 0 radical (unpaired) electrons. The Labute approximate surface area is 103 Å². The maximum atomic E-state index is 11.8. The zero-order valence-corrected chi connectivity index (χ0v) is 11.4. The normalized spacial score (nSPS) is 12.3. The lowest BCUT2D eigenvalue weighted by Crippen LogP contribution is -2.36. The van der Waals surface area contributed by atoms with Gasteiger partial charge in [-0.05, 0) is 13.8 Å². The van der Waals surface area contributed by atoms with Gasteiger partial charge in [0.2, 0.25) is 10.0 Å². The summed E-state index contributed by atoms with van der Waals surface area (Å²) in [5.74, 6) is -1.12. The number of carboxylic acid groups (broad SMARTS) is 1. The lowest BCUT2D eigenvalue weighted by molar-refractivity contribution is -0.137. The third-order valence-corrected chi connectivity index (χ3v) is 4.02. The van der Waals surface area contributed by atoms with Crippen LogP contribution in [0.1, 0.15) is 27.2 Å². The first-order valence-electron chi connectivity index (χ1n) is 5.60. The Morgan fingerprint density at radius 2 is 2.00 bits per heavy atom. The topological polar surface area (TPSA) is 83.9 Å². The number of nitrogens with zero attached hydrogens (tertiary/aromatic N) is 1. The first-order chi connectivity index (χ1) is 7.79. The monoisotopic (exact) mass is 267 g/mol. The number of carboxylic acids is 1. The van der Waals surface area contributed by atoms with E-state index in [0.717, 1.165) is 0 Å². The van der Waals surface area contributed by atoms with Crippen molar-refractivity contribution in [1.82, 2.24) is 4.31 Å². The quantitative estimate of drug-likeness (QED) is 0.659. The number of hydrogen-bond donors (Lipinski definition) is 1. The fourth-order valence-corrected chi connectivity index (χ4v) is 2.56.